The van der Waals surface area contributed by atoms with Crippen LogP contribution in [-0.2, 0) is 4.74 Å². The quantitative estimate of drug-likeness (QED) is 0.787. The van der Waals surface area contributed by atoms with E-state index >= 15 is 0 Å². The molecule has 1 fully saturated rings. The van der Waals surface area contributed by atoms with Gasteiger partial charge < -0.3 is 9.64 Å². The van der Waals surface area contributed by atoms with Crippen LogP contribution in [0.3, 0.4) is 0 Å². The molecule has 5 heteroatoms. The van der Waals surface area contributed by atoms with E-state index in [4.69, 9.17) is 4.74 Å². The highest BCUT2D eigenvalue weighted by atomic mass is 79.9. The molecule has 20 heavy (non-hydrogen) atoms. The van der Waals surface area contributed by atoms with Gasteiger partial charge in [0.2, 0.25) is 0 Å². The number of hydrogen-bond acceptors (Lipinski definition) is 4. The van der Waals surface area contributed by atoms with Gasteiger partial charge in [-0.05, 0) is 32.2 Å². The number of hydrogen-bond donors (Lipinski definition) is 0. The molecule has 4 nitrogen and oxygen atoms in total. The first-order valence-corrected chi connectivity index (χ1v) is 7.71. The summed E-state index contributed by atoms with van der Waals surface area (Å²) >= 11 is 3.36. The summed E-state index contributed by atoms with van der Waals surface area (Å²) in [5, 5.41) is 0. The maximum absolute atomic E-state index is 12.0. The number of likely N-dealkylation sites (N-methyl/N-ethyl adjacent to an activating group) is 1. The van der Waals surface area contributed by atoms with Gasteiger partial charge >= 0.3 is 5.97 Å². The molecule has 0 unspecified atom stereocenters. The lowest BCUT2D eigenvalue weighted by Crippen LogP contribution is -2.47. The Morgan fingerprint density at radius 3 is 2.70 bits per heavy atom. The molecule has 0 aromatic heterocycles. The number of esters is 1. The van der Waals surface area contributed by atoms with Crippen LogP contribution < -0.4 is 0 Å². The summed E-state index contributed by atoms with van der Waals surface area (Å²) in [5.74, 6) is -0.257. The SMILES string of the molecule is C[C@@H](CN1CCN(C)CC1)OC(=O)c1cccc(Br)c1. The zero-order valence-corrected chi connectivity index (χ0v) is 13.6. The first-order valence-electron chi connectivity index (χ1n) is 6.92. The zero-order valence-electron chi connectivity index (χ0n) is 12.0. The van der Waals surface area contributed by atoms with Crippen molar-refractivity contribution < 1.29 is 9.53 Å². The molecule has 0 bridgehead atoms. The summed E-state index contributed by atoms with van der Waals surface area (Å²) in [4.78, 5) is 16.7. The van der Waals surface area contributed by atoms with Gasteiger partial charge in [0, 0.05) is 37.2 Å². The van der Waals surface area contributed by atoms with Crippen LogP contribution in [-0.4, -0.2) is 61.6 Å². The average Bonchev–Trinajstić information content (AvgIpc) is 2.41. The highest BCUT2D eigenvalue weighted by molar-refractivity contribution is 9.10. The Bertz CT molecular complexity index is 459. The van der Waals surface area contributed by atoms with Gasteiger partial charge in [0.25, 0.3) is 0 Å². The van der Waals surface area contributed by atoms with E-state index in [9.17, 15) is 4.79 Å². The Labute approximate surface area is 128 Å². The maximum Gasteiger partial charge on any atom is 0.338 e. The molecule has 1 aliphatic heterocycles. The molecule has 0 saturated carbocycles. The van der Waals surface area contributed by atoms with E-state index in [1.54, 1.807) is 12.1 Å². The van der Waals surface area contributed by atoms with Gasteiger partial charge in [0.15, 0.2) is 0 Å². The van der Waals surface area contributed by atoms with Crippen LogP contribution in [0.2, 0.25) is 0 Å². The Kier molecular flexibility index (Phi) is 5.57. The number of benzene rings is 1. The molecule has 2 rings (SSSR count). The minimum absolute atomic E-state index is 0.0927. The van der Waals surface area contributed by atoms with Gasteiger partial charge in [-0.3, -0.25) is 4.90 Å². The molecule has 1 atom stereocenters. The molecule has 0 spiro atoms. The smallest absolute Gasteiger partial charge is 0.338 e. The summed E-state index contributed by atoms with van der Waals surface area (Å²) < 4.78 is 6.39. The highest BCUT2D eigenvalue weighted by Gasteiger charge is 2.18. The number of halogens is 1. The number of piperazine rings is 1. The standard InChI is InChI=1S/C15H21BrN2O2/c1-12(11-18-8-6-17(2)7-9-18)20-15(19)13-4-3-5-14(16)10-13/h3-5,10,12H,6-9,11H2,1-2H3/t12-/m0/s1. The number of carbonyl (C=O) groups excluding carboxylic acids is 1. The summed E-state index contributed by atoms with van der Waals surface area (Å²) in [6.07, 6.45) is -0.0927. The van der Waals surface area contributed by atoms with Crippen LogP contribution >= 0.6 is 15.9 Å². The lowest BCUT2D eigenvalue weighted by Gasteiger charge is -2.33. The predicted molar refractivity (Wildman–Crippen MR) is 83.0 cm³/mol. The molecule has 110 valence electrons. The van der Waals surface area contributed by atoms with E-state index in [1.165, 1.54) is 0 Å². The molecule has 0 radical (unpaired) electrons. The molecular formula is C15H21BrN2O2. The van der Waals surface area contributed by atoms with Gasteiger partial charge in [0.1, 0.15) is 6.10 Å². The van der Waals surface area contributed by atoms with Crippen LogP contribution in [0.4, 0.5) is 0 Å². The Morgan fingerprint density at radius 2 is 2.05 bits per heavy atom. The first-order chi connectivity index (χ1) is 9.54. The minimum Gasteiger partial charge on any atom is -0.458 e. The molecule has 0 aliphatic carbocycles. The molecule has 1 aromatic carbocycles. The van der Waals surface area contributed by atoms with Crippen molar-refractivity contribution in [3.63, 3.8) is 0 Å². The van der Waals surface area contributed by atoms with Crippen molar-refractivity contribution in [2.24, 2.45) is 0 Å². The van der Waals surface area contributed by atoms with Gasteiger partial charge in [-0.15, -0.1) is 0 Å². The molecular weight excluding hydrogens is 320 g/mol. The van der Waals surface area contributed by atoms with Gasteiger partial charge in [-0.1, -0.05) is 22.0 Å². The van der Waals surface area contributed by atoms with E-state index < -0.39 is 0 Å². The maximum atomic E-state index is 12.0. The molecule has 1 aliphatic rings. The van der Waals surface area contributed by atoms with E-state index in [1.807, 2.05) is 19.1 Å². The number of nitrogens with zero attached hydrogens (tertiary/aromatic N) is 2. The fourth-order valence-electron chi connectivity index (χ4n) is 2.30. The zero-order chi connectivity index (χ0) is 14.5. The highest BCUT2D eigenvalue weighted by Crippen LogP contribution is 2.13. The summed E-state index contributed by atoms with van der Waals surface area (Å²) in [5.41, 5.74) is 0.588. The topological polar surface area (TPSA) is 32.8 Å². The minimum atomic E-state index is -0.257. The van der Waals surface area contributed by atoms with E-state index in [-0.39, 0.29) is 12.1 Å². The second-order valence-corrected chi connectivity index (χ2v) is 6.25. The van der Waals surface area contributed by atoms with E-state index in [0.717, 1.165) is 37.2 Å². The van der Waals surface area contributed by atoms with Gasteiger partial charge in [0.05, 0.1) is 5.56 Å². The molecule has 0 N–H and O–H groups in total. The Morgan fingerprint density at radius 1 is 1.35 bits per heavy atom. The fraction of sp³-hybridized carbons (Fsp3) is 0.533. The number of ether oxygens (including phenoxy) is 1. The second-order valence-electron chi connectivity index (χ2n) is 5.33. The molecule has 1 saturated heterocycles. The van der Waals surface area contributed by atoms with Gasteiger partial charge in [-0.25, -0.2) is 4.79 Å². The third-order valence-corrected chi connectivity index (χ3v) is 3.97. The first kappa shape index (κ1) is 15.5. The summed E-state index contributed by atoms with van der Waals surface area (Å²) in [6, 6.07) is 7.29. The second kappa shape index (κ2) is 7.20. The fourth-order valence-corrected chi connectivity index (χ4v) is 2.70. The lowest BCUT2D eigenvalue weighted by molar-refractivity contribution is 0.0207. The van der Waals surface area contributed by atoms with Crippen molar-refractivity contribution in [2.45, 2.75) is 13.0 Å². The monoisotopic (exact) mass is 340 g/mol. The predicted octanol–water partition coefficient (Wildman–Crippen LogP) is 2.24. The van der Waals surface area contributed by atoms with Crippen LogP contribution in [0.25, 0.3) is 0 Å². The Balaban J connectivity index is 1.82. The van der Waals surface area contributed by atoms with Crippen LogP contribution in [0.5, 0.6) is 0 Å². The van der Waals surface area contributed by atoms with Crippen molar-refractivity contribution in [3.05, 3.63) is 34.3 Å². The lowest BCUT2D eigenvalue weighted by atomic mass is 10.2. The Hall–Kier alpha value is -0.910. The average molecular weight is 341 g/mol. The van der Waals surface area contributed by atoms with Crippen LogP contribution in [0.1, 0.15) is 17.3 Å². The van der Waals surface area contributed by atoms with Gasteiger partial charge in [-0.2, -0.15) is 0 Å². The largest absolute Gasteiger partial charge is 0.458 e. The normalized spacial score (nSPS) is 18.8. The summed E-state index contributed by atoms with van der Waals surface area (Å²) in [7, 11) is 2.13. The van der Waals surface area contributed by atoms with Crippen molar-refractivity contribution in [2.75, 3.05) is 39.8 Å². The third-order valence-electron chi connectivity index (χ3n) is 3.48. The third kappa shape index (κ3) is 4.58. The van der Waals surface area contributed by atoms with E-state index in [2.05, 4.69) is 32.8 Å². The van der Waals surface area contributed by atoms with Crippen molar-refractivity contribution in [1.29, 1.82) is 0 Å². The van der Waals surface area contributed by atoms with Crippen LogP contribution in [0.15, 0.2) is 28.7 Å². The molecule has 0 amide bonds. The van der Waals surface area contributed by atoms with Crippen molar-refractivity contribution >= 4 is 21.9 Å². The molecule has 1 heterocycles. The van der Waals surface area contributed by atoms with E-state index in [0.29, 0.717) is 5.56 Å². The molecule has 1 aromatic rings. The number of carbonyl (C=O) groups is 1. The van der Waals surface area contributed by atoms with Crippen molar-refractivity contribution in [3.8, 4) is 0 Å². The summed E-state index contributed by atoms with van der Waals surface area (Å²) in [6.45, 7) is 6.98. The van der Waals surface area contributed by atoms with Crippen LogP contribution in [0, 0.1) is 0 Å². The number of rotatable bonds is 4. The van der Waals surface area contributed by atoms with Crippen molar-refractivity contribution in [1.82, 2.24) is 9.80 Å².